The highest BCUT2D eigenvalue weighted by atomic mass is 16.5. The fourth-order valence-electron chi connectivity index (χ4n) is 2.93. The van der Waals surface area contributed by atoms with Crippen molar-refractivity contribution < 1.29 is 4.74 Å². The van der Waals surface area contributed by atoms with Crippen molar-refractivity contribution in [1.29, 1.82) is 0 Å². The molecule has 15 heavy (non-hydrogen) atoms. The van der Waals surface area contributed by atoms with E-state index >= 15 is 0 Å². The number of piperidine rings is 1. The lowest BCUT2D eigenvalue weighted by Gasteiger charge is -2.30. The molecule has 1 saturated carbocycles. The first-order valence-corrected chi connectivity index (χ1v) is 6.45. The van der Waals surface area contributed by atoms with Crippen LogP contribution in [0.4, 0.5) is 0 Å². The highest BCUT2D eigenvalue weighted by Gasteiger charge is 2.53. The van der Waals surface area contributed by atoms with Crippen LogP contribution < -0.4 is 0 Å². The minimum Gasteiger partial charge on any atom is -0.374 e. The summed E-state index contributed by atoms with van der Waals surface area (Å²) in [6.45, 7) is 11.8. The molecule has 1 saturated heterocycles. The van der Waals surface area contributed by atoms with Crippen molar-refractivity contribution in [2.45, 2.75) is 59.3 Å². The van der Waals surface area contributed by atoms with E-state index in [9.17, 15) is 0 Å². The van der Waals surface area contributed by atoms with Gasteiger partial charge in [-0.25, -0.2) is 0 Å². The van der Waals surface area contributed by atoms with Crippen LogP contribution in [0.1, 0.15) is 41.0 Å². The maximum Gasteiger partial charge on any atom is 0.0708 e. The molecule has 2 nitrogen and oxygen atoms in total. The molecule has 0 aromatic carbocycles. The molecule has 0 aromatic rings. The van der Waals surface area contributed by atoms with Crippen LogP contribution in [-0.4, -0.2) is 36.7 Å². The van der Waals surface area contributed by atoms with Crippen LogP contribution in [-0.2, 0) is 4.74 Å². The zero-order chi connectivity index (χ0) is 11.6. The number of fused-ring (bicyclic) bond motifs is 1. The predicted molar refractivity (Wildman–Crippen MR) is 65.0 cm³/mol. The van der Waals surface area contributed by atoms with Gasteiger partial charge in [0.25, 0.3) is 0 Å². The molecule has 2 aliphatic rings. The van der Waals surface area contributed by atoms with Crippen LogP contribution in [0.2, 0.25) is 0 Å². The molecule has 1 aliphatic heterocycles. The fraction of sp³-hybridized carbons (Fsp3) is 1.00. The summed E-state index contributed by atoms with van der Waals surface area (Å²) in [4.78, 5) is 2.48. The number of likely N-dealkylation sites (N-methyl/N-ethyl adjacent to an activating group) is 1. The SMILES string of the molecule is CC.CC(C)OC(C)[C@@H]1[C@H]2C[C@H]2CN1C. The van der Waals surface area contributed by atoms with E-state index in [0.29, 0.717) is 18.2 Å². The van der Waals surface area contributed by atoms with Crippen molar-refractivity contribution in [1.82, 2.24) is 4.90 Å². The van der Waals surface area contributed by atoms with Gasteiger partial charge in [0, 0.05) is 12.6 Å². The monoisotopic (exact) mass is 213 g/mol. The van der Waals surface area contributed by atoms with E-state index in [1.54, 1.807) is 0 Å². The Balaban J connectivity index is 0.000000531. The van der Waals surface area contributed by atoms with Gasteiger partial charge in [0.05, 0.1) is 12.2 Å². The summed E-state index contributed by atoms with van der Waals surface area (Å²) in [5.41, 5.74) is 0. The van der Waals surface area contributed by atoms with Crippen molar-refractivity contribution in [3.05, 3.63) is 0 Å². The molecule has 2 rings (SSSR count). The molecule has 1 aliphatic carbocycles. The lowest BCUT2D eigenvalue weighted by atomic mass is 10.1. The summed E-state index contributed by atoms with van der Waals surface area (Å²) < 4.78 is 5.86. The highest BCUT2D eigenvalue weighted by Crippen LogP contribution is 2.50. The Bertz CT molecular complexity index is 191. The van der Waals surface area contributed by atoms with Gasteiger partial charge in [0.2, 0.25) is 0 Å². The Kier molecular flexibility index (Phi) is 4.60. The standard InChI is InChI=1S/C11H21NO.C2H6/c1-7(2)13-8(3)11-10-5-9(10)6-12(11)4;1-2/h7-11H,5-6H2,1-4H3;1-2H3/t8?,9-,10-,11+;/m0./s1. The van der Waals surface area contributed by atoms with Crippen LogP contribution in [0.3, 0.4) is 0 Å². The summed E-state index contributed by atoms with van der Waals surface area (Å²) in [7, 11) is 2.23. The molecule has 1 unspecified atom stereocenters. The third kappa shape index (κ3) is 2.94. The van der Waals surface area contributed by atoms with Gasteiger partial charge in [-0.15, -0.1) is 0 Å². The molecule has 4 atom stereocenters. The van der Waals surface area contributed by atoms with E-state index < -0.39 is 0 Å². The van der Waals surface area contributed by atoms with Gasteiger partial charge in [-0.05, 0) is 46.1 Å². The molecular formula is C13H27NO. The Morgan fingerprint density at radius 2 is 1.80 bits per heavy atom. The molecule has 0 radical (unpaired) electrons. The van der Waals surface area contributed by atoms with E-state index in [4.69, 9.17) is 4.74 Å². The Labute approximate surface area is 95.0 Å². The molecule has 0 N–H and O–H groups in total. The summed E-state index contributed by atoms with van der Waals surface area (Å²) in [5.74, 6) is 1.94. The van der Waals surface area contributed by atoms with E-state index in [1.165, 1.54) is 13.0 Å². The topological polar surface area (TPSA) is 12.5 Å². The maximum absolute atomic E-state index is 5.86. The second kappa shape index (κ2) is 5.31. The van der Waals surface area contributed by atoms with Crippen LogP contribution in [0.5, 0.6) is 0 Å². The van der Waals surface area contributed by atoms with E-state index in [2.05, 4.69) is 32.7 Å². The zero-order valence-electron chi connectivity index (χ0n) is 11.2. The normalized spacial score (nSPS) is 35.8. The molecular weight excluding hydrogens is 186 g/mol. The lowest BCUT2D eigenvalue weighted by Crippen LogP contribution is -2.40. The summed E-state index contributed by atoms with van der Waals surface area (Å²) >= 11 is 0. The quantitative estimate of drug-likeness (QED) is 0.715. The van der Waals surface area contributed by atoms with Crippen LogP contribution in [0.15, 0.2) is 0 Å². The average Bonchev–Trinajstić information content (AvgIpc) is 2.80. The van der Waals surface area contributed by atoms with Gasteiger partial charge in [-0.3, -0.25) is 0 Å². The first-order valence-electron chi connectivity index (χ1n) is 6.45. The Morgan fingerprint density at radius 3 is 2.20 bits per heavy atom. The Morgan fingerprint density at radius 1 is 1.20 bits per heavy atom. The van der Waals surface area contributed by atoms with Crippen molar-refractivity contribution in [2.24, 2.45) is 11.8 Å². The second-order valence-corrected chi connectivity index (χ2v) is 4.98. The fourth-order valence-corrected chi connectivity index (χ4v) is 2.93. The minimum atomic E-state index is 0.362. The van der Waals surface area contributed by atoms with Gasteiger partial charge in [-0.2, -0.15) is 0 Å². The van der Waals surface area contributed by atoms with Crippen LogP contribution >= 0.6 is 0 Å². The van der Waals surface area contributed by atoms with Crippen molar-refractivity contribution >= 4 is 0 Å². The molecule has 1 heterocycles. The number of rotatable bonds is 3. The molecule has 0 amide bonds. The maximum atomic E-state index is 5.86. The Hall–Kier alpha value is -0.0800. The van der Waals surface area contributed by atoms with Crippen molar-refractivity contribution in [2.75, 3.05) is 13.6 Å². The lowest BCUT2D eigenvalue weighted by molar-refractivity contribution is -0.0271. The first kappa shape index (κ1) is 13.0. The first-order chi connectivity index (χ1) is 7.09. The summed E-state index contributed by atoms with van der Waals surface area (Å²) in [6.07, 6.45) is 2.21. The molecule has 0 aromatic heterocycles. The molecule has 90 valence electrons. The van der Waals surface area contributed by atoms with Crippen LogP contribution in [0, 0.1) is 11.8 Å². The largest absolute Gasteiger partial charge is 0.374 e. The molecule has 2 fully saturated rings. The molecule has 2 heteroatoms. The number of hydrogen-bond acceptors (Lipinski definition) is 2. The van der Waals surface area contributed by atoms with Gasteiger partial charge < -0.3 is 9.64 Å². The van der Waals surface area contributed by atoms with Gasteiger partial charge in [0.15, 0.2) is 0 Å². The highest BCUT2D eigenvalue weighted by molar-refractivity contribution is 5.05. The molecule has 0 bridgehead atoms. The van der Waals surface area contributed by atoms with Gasteiger partial charge >= 0.3 is 0 Å². The third-order valence-electron chi connectivity index (χ3n) is 3.42. The van der Waals surface area contributed by atoms with Crippen LogP contribution in [0.25, 0.3) is 0 Å². The second-order valence-electron chi connectivity index (χ2n) is 4.98. The van der Waals surface area contributed by atoms with Gasteiger partial charge in [-0.1, -0.05) is 13.8 Å². The summed E-state index contributed by atoms with van der Waals surface area (Å²) in [5, 5.41) is 0. The zero-order valence-corrected chi connectivity index (χ0v) is 11.2. The van der Waals surface area contributed by atoms with Crippen molar-refractivity contribution in [3.8, 4) is 0 Å². The van der Waals surface area contributed by atoms with E-state index in [1.807, 2.05) is 13.8 Å². The van der Waals surface area contributed by atoms with Gasteiger partial charge in [0.1, 0.15) is 0 Å². The predicted octanol–water partition coefficient (Wildman–Crippen LogP) is 2.78. The smallest absolute Gasteiger partial charge is 0.0708 e. The third-order valence-corrected chi connectivity index (χ3v) is 3.42. The van der Waals surface area contributed by atoms with Crippen molar-refractivity contribution in [3.63, 3.8) is 0 Å². The van der Waals surface area contributed by atoms with E-state index in [0.717, 1.165) is 11.8 Å². The number of likely N-dealkylation sites (tertiary alicyclic amines) is 1. The average molecular weight is 213 g/mol. The van der Waals surface area contributed by atoms with E-state index in [-0.39, 0.29) is 0 Å². The molecule has 0 spiro atoms. The minimum absolute atomic E-state index is 0.362. The number of nitrogens with zero attached hydrogens (tertiary/aromatic N) is 1. The summed E-state index contributed by atoms with van der Waals surface area (Å²) in [6, 6.07) is 0.687. The number of hydrogen-bond donors (Lipinski definition) is 0. The number of ether oxygens (including phenoxy) is 1.